The number of aromatic nitrogens is 2. The molecule has 166 valence electrons. The second-order valence-corrected chi connectivity index (χ2v) is 8.97. The Kier molecular flexibility index (Phi) is 5.33. The van der Waals surface area contributed by atoms with Crippen LogP contribution in [0.25, 0.3) is 10.8 Å². The van der Waals surface area contributed by atoms with E-state index in [0.29, 0.717) is 42.2 Å². The van der Waals surface area contributed by atoms with Gasteiger partial charge < -0.3 is 14.8 Å². The average Bonchev–Trinajstić information content (AvgIpc) is 3.64. The number of hydrogen-bond donors (Lipinski definition) is 1. The molecule has 1 unspecified atom stereocenters. The van der Waals surface area contributed by atoms with Crippen molar-refractivity contribution in [3.8, 4) is 11.5 Å². The summed E-state index contributed by atoms with van der Waals surface area (Å²) in [6.45, 7) is 5.56. The number of carbonyl (C=O) groups is 1. The molecule has 0 spiro atoms. The quantitative estimate of drug-likeness (QED) is 0.641. The fraction of sp³-hybridized carbons (Fsp3) is 0.400. The highest BCUT2D eigenvalue weighted by Gasteiger charge is 2.35. The Hall–Kier alpha value is -3.35. The monoisotopic (exact) mass is 433 g/mol. The lowest BCUT2D eigenvalue weighted by Gasteiger charge is -2.23. The van der Waals surface area contributed by atoms with Crippen molar-refractivity contribution < 1.29 is 14.3 Å². The summed E-state index contributed by atoms with van der Waals surface area (Å²) >= 11 is 0. The molecule has 1 N–H and O–H groups in total. The van der Waals surface area contributed by atoms with Crippen molar-refractivity contribution in [3.63, 3.8) is 0 Å². The zero-order valence-electron chi connectivity index (χ0n) is 18.3. The number of carbonyl (C=O) groups excluding carboxylic acids is 1. The van der Waals surface area contributed by atoms with Crippen molar-refractivity contribution >= 4 is 16.7 Å². The molecule has 1 aromatic heterocycles. The van der Waals surface area contributed by atoms with Gasteiger partial charge in [-0.15, -0.1) is 0 Å². The molecule has 1 atom stereocenters. The van der Waals surface area contributed by atoms with Gasteiger partial charge in [0.15, 0.2) is 17.2 Å². The van der Waals surface area contributed by atoms with E-state index in [1.165, 1.54) is 4.68 Å². The van der Waals surface area contributed by atoms with E-state index in [1.807, 2.05) is 44.2 Å². The Bertz CT molecular complexity index is 1230. The first-order valence-corrected chi connectivity index (χ1v) is 11.2. The largest absolute Gasteiger partial charge is 0.486 e. The van der Waals surface area contributed by atoms with Crippen LogP contribution in [0, 0.1) is 11.8 Å². The smallest absolute Gasteiger partial charge is 0.274 e. The van der Waals surface area contributed by atoms with Gasteiger partial charge in [-0.1, -0.05) is 38.1 Å². The second kappa shape index (κ2) is 8.30. The minimum Gasteiger partial charge on any atom is -0.486 e. The normalized spacial score (nSPS) is 16.2. The van der Waals surface area contributed by atoms with E-state index in [2.05, 4.69) is 10.4 Å². The molecule has 1 aliphatic carbocycles. The van der Waals surface area contributed by atoms with Gasteiger partial charge in [-0.25, -0.2) is 4.68 Å². The molecule has 0 radical (unpaired) electrons. The van der Waals surface area contributed by atoms with Crippen molar-refractivity contribution in [2.24, 2.45) is 11.8 Å². The molecule has 2 aromatic carbocycles. The predicted molar refractivity (Wildman–Crippen MR) is 121 cm³/mol. The van der Waals surface area contributed by atoms with Gasteiger partial charge in [0.25, 0.3) is 11.5 Å². The summed E-state index contributed by atoms with van der Waals surface area (Å²) in [5.74, 6) is 1.77. The SMILES string of the molecule is CC(C)Cn1nc(C(=O)NC(c2ccc3c(c2)OCCO3)C2CC2)c2ccccc2c1=O. The van der Waals surface area contributed by atoms with Crippen LogP contribution in [-0.2, 0) is 6.54 Å². The molecule has 0 bridgehead atoms. The molecule has 0 saturated heterocycles. The minimum atomic E-state index is -0.273. The summed E-state index contributed by atoms with van der Waals surface area (Å²) in [7, 11) is 0. The van der Waals surface area contributed by atoms with Crippen LogP contribution < -0.4 is 20.3 Å². The summed E-state index contributed by atoms with van der Waals surface area (Å²) in [6, 6.07) is 12.9. The molecule has 3 aromatic rings. The molecule has 1 aliphatic heterocycles. The van der Waals surface area contributed by atoms with Crippen molar-refractivity contribution in [2.75, 3.05) is 13.2 Å². The molecule has 2 aliphatic rings. The highest BCUT2D eigenvalue weighted by atomic mass is 16.6. The van der Waals surface area contributed by atoms with E-state index in [0.717, 1.165) is 24.2 Å². The number of nitrogens with one attached hydrogen (secondary N) is 1. The maximum absolute atomic E-state index is 13.5. The first-order valence-electron chi connectivity index (χ1n) is 11.2. The van der Waals surface area contributed by atoms with E-state index >= 15 is 0 Å². The number of amides is 1. The fourth-order valence-corrected chi connectivity index (χ4v) is 4.24. The summed E-state index contributed by atoms with van der Waals surface area (Å²) in [6.07, 6.45) is 2.11. The standard InChI is InChI=1S/C25H27N3O4/c1-15(2)14-28-25(30)19-6-4-3-5-18(19)23(27-28)24(29)26-22(16-7-8-16)17-9-10-20-21(13-17)32-12-11-31-20/h3-6,9-10,13,15-16,22H,7-8,11-12,14H2,1-2H3,(H,26,29). The molecule has 1 amide bonds. The Morgan fingerprint density at radius 1 is 1.09 bits per heavy atom. The van der Waals surface area contributed by atoms with E-state index in [9.17, 15) is 9.59 Å². The topological polar surface area (TPSA) is 82.5 Å². The zero-order chi connectivity index (χ0) is 22.2. The molecule has 2 heterocycles. The Morgan fingerprint density at radius 3 is 2.53 bits per heavy atom. The third-order valence-corrected chi connectivity index (χ3v) is 5.93. The molecule has 5 rings (SSSR count). The van der Waals surface area contributed by atoms with Crippen LogP contribution in [-0.4, -0.2) is 28.9 Å². The van der Waals surface area contributed by atoms with Gasteiger partial charge in [0.05, 0.1) is 11.4 Å². The van der Waals surface area contributed by atoms with Gasteiger partial charge >= 0.3 is 0 Å². The van der Waals surface area contributed by atoms with E-state index in [1.54, 1.807) is 12.1 Å². The average molecular weight is 434 g/mol. The maximum Gasteiger partial charge on any atom is 0.274 e. The Balaban J connectivity index is 1.51. The highest BCUT2D eigenvalue weighted by Crippen LogP contribution is 2.43. The van der Waals surface area contributed by atoms with E-state index in [4.69, 9.17) is 9.47 Å². The van der Waals surface area contributed by atoms with Gasteiger partial charge in [0.2, 0.25) is 0 Å². The van der Waals surface area contributed by atoms with Gasteiger partial charge in [-0.3, -0.25) is 9.59 Å². The number of rotatable bonds is 6. The lowest BCUT2D eigenvalue weighted by atomic mass is 10.0. The molecule has 1 saturated carbocycles. The third-order valence-electron chi connectivity index (χ3n) is 5.93. The van der Waals surface area contributed by atoms with Crippen LogP contribution in [0.5, 0.6) is 11.5 Å². The number of benzene rings is 2. The maximum atomic E-state index is 13.5. The van der Waals surface area contributed by atoms with Gasteiger partial charge in [0.1, 0.15) is 13.2 Å². The predicted octanol–water partition coefficient (Wildman–Crippen LogP) is 3.70. The first-order chi connectivity index (χ1) is 15.5. The van der Waals surface area contributed by atoms with Crippen LogP contribution in [0.15, 0.2) is 47.3 Å². The summed E-state index contributed by atoms with van der Waals surface area (Å²) in [5.41, 5.74) is 1.10. The van der Waals surface area contributed by atoms with Crippen molar-refractivity contribution in [1.29, 1.82) is 0 Å². The van der Waals surface area contributed by atoms with Crippen molar-refractivity contribution in [3.05, 3.63) is 64.1 Å². The molecule has 32 heavy (non-hydrogen) atoms. The number of hydrogen-bond acceptors (Lipinski definition) is 5. The van der Waals surface area contributed by atoms with Gasteiger partial charge in [-0.05, 0) is 48.4 Å². The van der Waals surface area contributed by atoms with Crippen LogP contribution in [0.1, 0.15) is 48.8 Å². The summed E-state index contributed by atoms with van der Waals surface area (Å²) in [5, 5.41) is 8.77. The van der Waals surface area contributed by atoms with Crippen LogP contribution in [0.2, 0.25) is 0 Å². The number of fused-ring (bicyclic) bond motifs is 2. The highest BCUT2D eigenvalue weighted by molar-refractivity contribution is 6.04. The first kappa shape index (κ1) is 20.5. The summed E-state index contributed by atoms with van der Waals surface area (Å²) < 4.78 is 12.8. The molecular weight excluding hydrogens is 406 g/mol. The lowest BCUT2D eigenvalue weighted by molar-refractivity contribution is 0.0925. The second-order valence-electron chi connectivity index (χ2n) is 8.97. The van der Waals surface area contributed by atoms with Gasteiger partial charge in [-0.2, -0.15) is 5.10 Å². The molecule has 7 nitrogen and oxygen atoms in total. The van der Waals surface area contributed by atoms with Crippen molar-refractivity contribution in [1.82, 2.24) is 15.1 Å². The van der Waals surface area contributed by atoms with E-state index in [-0.39, 0.29) is 29.1 Å². The number of nitrogens with zero attached hydrogens (tertiary/aromatic N) is 2. The van der Waals surface area contributed by atoms with Crippen molar-refractivity contribution in [2.45, 2.75) is 39.3 Å². The van der Waals surface area contributed by atoms with Crippen LogP contribution >= 0.6 is 0 Å². The van der Waals surface area contributed by atoms with Crippen LogP contribution in [0.4, 0.5) is 0 Å². The van der Waals surface area contributed by atoms with Crippen LogP contribution in [0.3, 0.4) is 0 Å². The Morgan fingerprint density at radius 2 is 1.81 bits per heavy atom. The molecule has 1 fully saturated rings. The minimum absolute atomic E-state index is 0.149. The fourth-order valence-electron chi connectivity index (χ4n) is 4.24. The number of ether oxygens (including phenoxy) is 2. The zero-order valence-corrected chi connectivity index (χ0v) is 18.3. The third kappa shape index (κ3) is 3.95. The molecular formula is C25H27N3O4. The summed E-state index contributed by atoms with van der Waals surface area (Å²) in [4.78, 5) is 26.3. The van der Waals surface area contributed by atoms with Gasteiger partial charge in [0, 0.05) is 11.9 Å². The lowest BCUT2D eigenvalue weighted by Crippen LogP contribution is -2.34. The Labute approximate surface area is 186 Å². The molecule has 7 heteroatoms. The van der Waals surface area contributed by atoms with E-state index < -0.39 is 0 Å².